The second-order valence-electron chi connectivity index (χ2n) is 7.07. The lowest BCUT2D eigenvalue weighted by Crippen LogP contribution is -2.40. The van der Waals surface area contributed by atoms with E-state index in [1.54, 1.807) is 4.90 Å². The molecule has 0 aromatic heterocycles. The minimum atomic E-state index is -0.619. The van der Waals surface area contributed by atoms with Gasteiger partial charge in [0.05, 0.1) is 11.1 Å². The van der Waals surface area contributed by atoms with Crippen molar-refractivity contribution in [2.75, 3.05) is 16.8 Å². The molecule has 0 unspecified atom stereocenters. The first-order valence-electron chi connectivity index (χ1n) is 8.19. The lowest BCUT2D eigenvalue weighted by atomic mass is 9.85. The zero-order chi connectivity index (χ0) is 18.4. The molecule has 0 spiro atoms. The number of nitrogens with one attached hydrogen (secondary N) is 1. The number of amides is 2. The van der Waals surface area contributed by atoms with E-state index in [1.165, 1.54) is 0 Å². The zero-order valence-corrected chi connectivity index (χ0v) is 16.4. The van der Waals surface area contributed by atoms with Gasteiger partial charge in [-0.1, -0.05) is 23.8 Å². The molecule has 0 atom stereocenters. The van der Waals surface area contributed by atoms with Crippen molar-refractivity contribution in [3.05, 3.63) is 57.6 Å². The largest absolute Gasteiger partial charge is 0.324 e. The summed E-state index contributed by atoms with van der Waals surface area (Å²) in [6, 6.07) is 11.6. The molecule has 1 N–H and O–H groups in total. The summed E-state index contributed by atoms with van der Waals surface area (Å²) in [7, 11) is 0. The van der Waals surface area contributed by atoms with E-state index >= 15 is 0 Å². The fourth-order valence-corrected chi connectivity index (χ4v) is 3.75. The van der Waals surface area contributed by atoms with Crippen LogP contribution in [0.2, 0.25) is 0 Å². The minimum absolute atomic E-state index is 0.00135. The molecular weight excluding hydrogens is 380 g/mol. The van der Waals surface area contributed by atoms with Crippen LogP contribution in [0.4, 0.5) is 11.4 Å². The first-order chi connectivity index (χ1) is 11.7. The van der Waals surface area contributed by atoms with Gasteiger partial charge >= 0.3 is 0 Å². The van der Waals surface area contributed by atoms with Crippen molar-refractivity contribution in [1.29, 1.82) is 0 Å². The van der Waals surface area contributed by atoms with Crippen molar-refractivity contribution in [2.45, 2.75) is 33.1 Å². The summed E-state index contributed by atoms with van der Waals surface area (Å²) in [5.41, 5.74) is 4.08. The maximum Gasteiger partial charge on any atom is 0.244 e. The molecule has 25 heavy (non-hydrogen) atoms. The van der Waals surface area contributed by atoms with Gasteiger partial charge in [0.25, 0.3) is 0 Å². The highest BCUT2D eigenvalue weighted by molar-refractivity contribution is 9.10. The number of rotatable bonds is 3. The molecule has 1 aliphatic rings. The Morgan fingerprint density at radius 1 is 1.12 bits per heavy atom. The van der Waals surface area contributed by atoms with Gasteiger partial charge in [-0.2, -0.15) is 0 Å². The Hall–Kier alpha value is -2.14. The number of carbonyl (C=O) groups excluding carboxylic acids is 2. The third kappa shape index (κ3) is 3.21. The molecule has 0 saturated carbocycles. The quantitative estimate of drug-likeness (QED) is 0.833. The summed E-state index contributed by atoms with van der Waals surface area (Å²) in [4.78, 5) is 26.9. The van der Waals surface area contributed by atoms with E-state index in [4.69, 9.17) is 0 Å². The van der Waals surface area contributed by atoms with E-state index in [9.17, 15) is 9.59 Å². The highest BCUT2D eigenvalue weighted by Crippen LogP contribution is 2.41. The molecule has 0 aliphatic carbocycles. The third-order valence-electron chi connectivity index (χ3n) is 4.60. The highest BCUT2D eigenvalue weighted by atomic mass is 79.9. The molecular formula is C20H21BrN2O2. The first-order valence-corrected chi connectivity index (χ1v) is 8.98. The number of hydrogen-bond acceptors (Lipinski definition) is 2. The third-order valence-corrected chi connectivity index (χ3v) is 5.25. The molecule has 0 bridgehead atoms. The molecule has 4 nitrogen and oxygen atoms in total. The normalized spacial score (nSPS) is 15.2. The summed E-state index contributed by atoms with van der Waals surface area (Å²) in [6.45, 7) is 7.80. The predicted octanol–water partition coefficient (Wildman–Crippen LogP) is 4.33. The molecule has 3 rings (SSSR count). The van der Waals surface area contributed by atoms with Crippen molar-refractivity contribution in [3.8, 4) is 0 Å². The van der Waals surface area contributed by atoms with Crippen LogP contribution >= 0.6 is 15.9 Å². The summed E-state index contributed by atoms with van der Waals surface area (Å²) in [5, 5.41) is 2.87. The molecule has 130 valence electrons. The van der Waals surface area contributed by atoms with Gasteiger partial charge in [0.15, 0.2) is 0 Å². The minimum Gasteiger partial charge on any atom is -0.324 e. The molecule has 1 heterocycles. The fourth-order valence-electron chi connectivity index (χ4n) is 3.16. The van der Waals surface area contributed by atoms with Gasteiger partial charge in [-0.15, -0.1) is 0 Å². The van der Waals surface area contributed by atoms with Crippen LogP contribution in [0.15, 0.2) is 40.9 Å². The number of benzene rings is 2. The topological polar surface area (TPSA) is 49.4 Å². The Labute approximate surface area is 156 Å². The highest BCUT2D eigenvalue weighted by Gasteiger charge is 2.44. The Morgan fingerprint density at radius 2 is 1.76 bits per heavy atom. The second-order valence-corrected chi connectivity index (χ2v) is 7.92. The Kier molecular flexibility index (Phi) is 4.45. The van der Waals surface area contributed by atoms with Gasteiger partial charge in [0.1, 0.15) is 6.54 Å². The number of carbonyl (C=O) groups is 2. The van der Waals surface area contributed by atoms with Crippen LogP contribution in [0.1, 0.15) is 30.5 Å². The molecule has 0 saturated heterocycles. The average molecular weight is 401 g/mol. The molecule has 5 heteroatoms. The van der Waals surface area contributed by atoms with Crippen molar-refractivity contribution >= 4 is 39.1 Å². The molecule has 2 aromatic carbocycles. The molecule has 2 aromatic rings. The predicted molar refractivity (Wildman–Crippen MR) is 104 cm³/mol. The Bertz CT molecular complexity index is 874. The van der Waals surface area contributed by atoms with Crippen LogP contribution in [0.3, 0.4) is 0 Å². The van der Waals surface area contributed by atoms with Crippen LogP contribution in [-0.4, -0.2) is 18.4 Å². The smallest absolute Gasteiger partial charge is 0.244 e. The van der Waals surface area contributed by atoms with Gasteiger partial charge in [0.2, 0.25) is 11.8 Å². The number of nitrogens with zero attached hydrogens (tertiary/aromatic N) is 1. The fraction of sp³-hybridized carbons (Fsp3) is 0.300. The van der Waals surface area contributed by atoms with E-state index in [2.05, 4.69) is 21.2 Å². The average Bonchev–Trinajstić information content (AvgIpc) is 2.71. The summed E-state index contributed by atoms with van der Waals surface area (Å²) in [6.07, 6.45) is 0. The molecule has 0 fully saturated rings. The standard InChI is InChI=1S/C20H21BrN2O2/c1-12-6-8-17-14(9-12)20(3,4)19(25)23(17)11-18(24)22-16-7-5-13(2)10-15(16)21/h5-10H,11H2,1-4H3,(H,22,24). The second kappa shape index (κ2) is 6.30. The van der Waals surface area contributed by atoms with Crippen LogP contribution in [-0.2, 0) is 15.0 Å². The number of anilines is 2. The lowest BCUT2D eigenvalue weighted by molar-refractivity contribution is -0.124. The van der Waals surface area contributed by atoms with E-state index < -0.39 is 5.41 Å². The van der Waals surface area contributed by atoms with Crippen molar-refractivity contribution < 1.29 is 9.59 Å². The van der Waals surface area contributed by atoms with Crippen molar-refractivity contribution in [3.63, 3.8) is 0 Å². The maximum absolute atomic E-state index is 12.8. The van der Waals surface area contributed by atoms with Gasteiger partial charge < -0.3 is 10.2 Å². The zero-order valence-electron chi connectivity index (χ0n) is 14.8. The summed E-state index contributed by atoms with van der Waals surface area (Å²) in [5.74, 6) is -0.270. The van der Waals surface area contributed by atoms with Gasteiger partial charge in [-0.3, -0.25) is 9.59 Å². The monoisotopic (exact) mass is 400 g/mol. The number of hydrogen-bond donors (Lipinski definition) is 1. The van der Waals surface area contributed by atoms with E-state index in [-0.39, 0.29) is 18.4 Å². The van der Waals surface area contributed by atoms with E-state index in [0.717, 1.165) is 26.9 Å². The Balaban J connectivity index is 1.83. The van der Waals surface area contributed by atoms with Crippen LogP contribution in [0.5, 0.6) is 0 Å². The van der Waals surface area contributed by atoms with Crippen LogP contribution in [0, 0.1) is 13.8 Å². The summed E-state index contributed by atoms with van der Waals surface area (Å²) >= 11 is 3.46. The number of halogens is 1. The summed E-state index contributed by atoms with van der Waals surface area (Å²) < 4.78 is 0.824. The molecule has 1 aliphatic heterocycles. The SMILES string of the molecule is Cc1ccc(NC(=O)CN2C(=O)C(C)(C)c3cc(C)ccc32)c(Br)c1. The maximum atomic E-state index is 12.8. The van der Waals surface area contributed by atoms with E-state index in [1.807, 2.05) is 64.1 Å². The Morgan fingerprint density at radius 3 is 2.44 bits per heavy atom. The number of aryl methyl sites for hydroxylation is 2. The van der Waals surface area contributed by atoms with Crippen LogP contribution in [0.25, 0.3) is 0 Å². The first kappa shape index (κ1) is 17.7. The van der Waals surface area contributed by atoms with Gasteiger partial charge in [-0.05, 0) is 73.0 Å². The molecule has 2 amide bonds. The van der Waals surface area contributed by atoms with Crippen LogP contribution < -0.4 is 10.2 Å². The number of fused-ring (bicyclic) bond motifs is 1. The van der Waals surface area contributed by atoms with Crippen molar-refractivity contribution in [1.82, 2.24) is 0 Å². The molecule has 0 radical (unpaired) electrons. The lowest BCUT2D eigenvalue weighted by Gasteiger charge is -2.20. The van der Waals surface area contributed by atoms with Gasteiger partial charge in [-0.25, -0.2) is 0 Å². The van der Waals surface area contributed by atoms with E-state index in [0.29, 0.717) is 5.69 Å². The van der Waals surface area contributed by atoms with Gasteiger partial charge in [0, 0.05) is 10.2 Å². The van der Waals surface area contributed by atoms with Crippen molar-refractivity contribution in [2.24, 2.45) is 0 Å².